The van der Waals surface area contributed by atoms with Crippen LogP contribution in [0, 0.1) is 0 Å². The Hall–Kier alpha value is -1.84. The molecule has 1 unspecified atom stereocenters. The lowest BCUT2D eigenvalue weighted by Crippen LogP contribution is -2.45. The van der Waals surface area contributed by atoms with E-state index in [2.05, 4.69) is 5.32 Å². The number of nitrogens with one attached hydrogen (secondary N) is 1. The van der Waals surface area contributed by atoms with Crippen molar-refractivity contribution in [3.05, 3.63) is 35.9 Å². The van der Waals surface area contributed by atoms with Crippen LogP contribution in [0.2, 0.25) is 0 Å². The van der Waals surface area contributed by atoms with Crippen molar-refractivity contribution in [1.82, 2.24) is 5.32 Å². The van der Waals surface area contributed by atoms with Gasteiger partial charge in [0.15, 0.2) is 0 Å². The van der Waals surface area contributed by atoms with Gasteiger partial charge in [0.25, 0.3) is 0 Å². The summed E-state index contributed by atoms with van der Waals surface area (Å²) in [5.41, 5.74) is -0.232. The lowest BCUT2D eigenvalue weighted by Gasteiger charge is -2.30. The summed E-state index contributed by atoms with van der Waals surface area (Å²) in [6.07, 6.45) is 0.258. The number of benzene rings is 1. The number of hydrogen-bond donors (Lipinski definition) is 2. The van der Waals surface area contributed by atoms with Crippen LogP contribution in [0.25, 0.3) is 0 Å². The predicted molar refractivity (Wildman–Crippen MR) is 69.3 cm³/mol. The molecule has 1 rings (SSSR count). The molecule has 0 aliphatic carbocycles. The molecule has 98 valence electrons. The highest BCUT2D eigenvalue weighted by molar-refractivity contribution is 5.92. The number of carbonyl (C=O) groups excluding carboxylic acids is 1. The maximum atomic E-state index is 12.3. The molecule has 1 aromatic carbocycles. The van der Waals surface area contributed by atoms with Gasteiger partial charge in [-0.15, -0.1) is 0 Å². The lowest BCUT2D eigenvalue weighted by molar-refractivity contribution is -0.142. The van der Waals surface area contributed by atoms with Gasteiger partial charge in [0.05, 0.1) is 11.8 Å². The van der Waals surface area contributed by atoms with Crippen molar-refractivity contribution in [3.63, 3.8) is 0 Å². The number of amides is 1. The minimum Gasteiger partial charge on any atom is -0.481 e. The summed E-state index contributed by atoms with van der Waals surface area (Å²) in [6.45, 7) is 4.16. The van der Waals surface area contributed by atoms with Crippen molar-refractivity contribution in [2.45, 2.75) is 32.1 Å². The number of rotatable bonds is 6. The van der Waals surface area contributed by atoms with Gasteiger partial charge in [0.1, 0.15) is 0 Å². The van der Waals surface area contributed by atoms with Gasteiger partial charge in [-0.25, -0.2) is 0 Å². The second kappa shape index (κ2) is 6.19. The fourth-order valence-electron chi connectivity index (χ4n) is 2.15. The molecular weight excluding hydrogens is 230 g/mol. The van der Waals surface area contributed by atoms with E-state index in [9.17, 15) is 9.59 Å². The molecule has 1 aromatic rings. The first-order valence-corrected chi connectivity index (χ1v) is 6.12. The monoisotopic (exact) mass is 249 g/mol. The van der Waals surface area contributed by atoms with Crippen LogP contribution < -0.4 is 5.32 Å². The maximum absolute atomic E-state index is 12.3. The molecule has 0 heterocycles. The van der Waals surface area contributed by atoms with Crippen LogP contribution in [0.1, 0.15) is 32.3 Å². The molecule has 1 atom stereocenters. The van der Waals surface area contributed by atoms with Crippen LogP contribution in [-0.2, 0) is 15.0 Å². The van der Waals surface area contributed by atoms with Crippen molar-refractivity contribution in [2.24, 2.45) is 0 Å². The highest BCUT2D eigenvalue weighted by Gasteiger charge is 2.40. The standard InChI is InChI=1S/C14H19NO3/c1-3-14(10-12(16)17,13(18)15-4-2)11-8-6-5-7-9-11/h5-9H,3-4,10H2,1-2H3,(H,15,18)(H,16,17). The molecule has 0 spiro atoms. The third-order valence-electron chi connectivity index (χ3n) is 3.15. The summed E-state index contributed by atoms with van der Waals surface area (Å²) in [5, 5.41) is 11.8. The molecule has 0 saturated heterocycles. The summed E-state index contributed by atoms with van der Waals surface area (Å²) in [4.78, 5) is 23.3. The fourth-order valence-corrected chi connectivity index (χ4v) is 2.15. The lowest BCUT2D eigenvalue weighted by atomic mass is 9.74. The van der Waals surface area contributed by atoms with Crippen LogP contribution in [0.3, 0.4) is 0 Å². The fraction of sp³-hybridized carbons (Fsp3) is 0.429. The number of carboxylic acid groups (broad SMARTS) is 1. The van der Waals surface area contributed by atoms with E-state index in [1.165, 1.54) is 0 Å². The molecule has 0 aromatic heterocycles. The number of carbonyl (C=O) groups is 2. The van der Waals surface area contributed by atoms with E-state index >= 15 is 0 Å². The van der Waals surface area contributed by atoms with Gasteiger partial charge in [0.2, 0.25) is 5.91 Å². The summed E-state index contributed by atoms with van der Waals surface area (Å²) >= 11 is 0. The Bertz CT molecular complexity index is 416. The first-order chi connectivity index (χ1) is 8.56. The Morgan fingerprint density at radius 2 is 1.83 bits per heavy atom. The van der Waals surface area contributed by atoms with Gasteiger partial charge in [0, 0.05) is 6.54 Å². The number of aliphatic carboxylic acids is 1. The zero-order valence-corrected chi connectivity index (χ0v) is 10.8. The summed E-state index contributed by atoms with van der Waals surface area (Å²) in [7, 11) is 0. The van der Waals surface area contributed by atoms with Crippen LogP contribution in [-0.4, -0.2) is 23.5 Å². The highest BCUT2D eigenvalue weighted by Crippen LogP contribution is 2.32. The van der Waals surface area contributed by atoms with Gasteiger partial charge in [-0.3, -0.25) is 9.59 Å². The molecule has 0 aliphatic heterocycles. The molecule has 4 nitrogen and oxygen atoms in total. The van der Waals surface area contributed by atoms with Crippen LogP contribution in [0.15, 0.2) is 30.3 Å². The highest BCUT2D eigenvalue weighted by atomic mass is 16.4. The average molecular weight is 249 g/mol. The van der Waals surface area contributed by atoms with Crippen LogP contribution in [0.5, 0.6) is 0 Å². The predicted octanol–water partition coefficient (Wildman–Crippen LogP) is 1.95. The second-order valence-electron chi connectivity index (χ2n) is 4.23. The normalized spacial score (nSPS) is 13.7. The molecule has 0 saturated carbocycles. The maximum Gasteiger partial charge on any atom is 0.304 e. The van der Waals surface area contributed by atoms with E-state index in [4.69, 9.17) is 5.11 Å². The zero-order chi connectivity index (χ0) is 13.6. The zero-order valence-electron chi connectivity index (χ0n) is 10.8. The summed E-state index contributed by atoms with van der Waals surface area (Å²) in [5.74, 6) is -1.19. The van der Waals surface area contributed by atoms with E-state index in [-0.39, 0.29) is 12.3 Å². The van der Waals surface area contributed by atoms with Gasteiger partial charge >= 0.3 is 5.97 Å². The van der Waals surface area contributed by atoms with Gasteiger partial charge in [-0.2, -0.15) is 0 Å². The van der Waals surface area contributed by atoms with E-state index in [0.717, 1.165) is 5.56 Å². The van der Waals surface area contributed by atoms with Crippen molar-refractivity contribution in [2.75, 3.05) is 6.54 Å². The quantitative estimate of drug-likeness (QED) is 0.809. The first-order valence-electron chi connectivity index (χ1n) is 6.12. The van der Waals surface area contributed by atoms with Gasteiger partial charge in [-0.1, -0.05) is 37.3 Å². The molecule has 1 amide bonds. The average Bonchev–Trinajstić information content (AvgIpc) is 2.37. The van der Waals surface area contributed by atoms with Crippen molar-refractivity contribution in [3.8, 4) is 0 Å². The Labute approximate surface area is 107 Å². The topological polar surface area (TPSA) is 66.4 Å². The van der Waals surface area contributed by atoms with E-state index in [1.54, 1.807) is 0 Å². The molecule has 2 N–H and O–H groups in total. The third-order valence-corrected chi connectivity index (χ3v) is 3.15. The molecule has 0 fully saturated rings. The minimum absolute atomic E-state index is 0.195. The van der Waals surface area contributed by atoms with Crippen molar-refractivity contribution in [1.29, 1.82) is 0 Å². The summed E-state index contributed by atoms with van der Waals surface area (Å²) < 4.78 is 0. The Morgan fingerprint density at radius 1 is 1.22 bits per heavy atom. The van der Waals surface area contributed by atoms with Gasteiger partial charge in [-0.05, 0) is 18.9 Å². The number of carboxylic acids is 1. The van der Waals surface area contributed by atoms with Gasteiger partial charge < -0.3 is 10.4 Å². The molecule has 0 radical (unpaired) electrons. The Morgan fingerprint density at radius 3 is 2.28 bits per heavy atom. The molecule has 18 heavy (non-hydrogen) atoms. The summed E-state index contributed by atoms with van der Waals surface area (Å²) in [6, 6.07) is 9.10. The largest absolute Gasteiger partial charge is 0.481 e. The molecule has 4 heteroatoms. The Kier molecular flexibility index (Phi) is 4.89. The Balaban J connectivity index is 3.22. The van der Waals surface area contributed by atoms with Crippen LogP contribution >= 0.6 is 0 Å². The van der Waals surface area contributed by atoms with Crippen molar-refractivity contribution >= 4 is 11.9 Å². The second-order valence-corrected chi connectivity index (χ2v) is 4.23. The van der Waals surface area contributed by atoms with E-state index in [0.29, 0.717) is 13.0 Å². The third kappa shape index (κ3) is 2.88. The number of hydrogen-bond acceptors (Lipinski definition) is 2. The smallest absolute Gasteiger partial charge is 0.304 e. The molecule has 0 aliphatic rings. The molecule has 0 bridgehead atoms. The SMILES string of the molecule is CCNC(=O)C(CC)(CC(=O)O)c1ccccc1. The minimum atomic E-state index is -0.983. The van der Waals surface area contributed by atoms with Crippen LogP contribution in [0.4, 0.5) is 0 Å². The van der Waals surface area contributed by atoms with E-state index < -0.39 is 11.4 Å². The molecular formula is C14H19NO3. The van der Waals surface area contributed by atoms with E-state index in [1.807, 2.05) is 44.2 Å². The van der Waals surface area contributed by atoms with Crippen molar-refractivity contribution < 1.29 is 14.7 Å². The first kappa shape index (κ1) is 14.2. The number of likely N-dealkylation sites (N-methyl/N-ethyl adjacent to an activating group) is 1.